The molecule has 62 valence electrons. The summed E-state index contributed by atoms with van der Waals surface area (Å²) in [7, 11) is 0. The number of hydrogen-bond acceptors (Lipinski definition) is 4. The lowest BCUT2D eigenvalue weighted by Crippen LogP contribution is -1.95. The van der Waals surface area contributed by atoms with Crippen molar-refractivity contribution in [3.8, 4) is 0 Å². The highest BCUT2D eigenvalue weighted by Crippen LogP contribution is 2.39. The Morgan fingerprint density at radius 2 is 2.00 bits per heavy atom. The summed E-state index contributed by atoms with van der Waals surface area (Å²) in [6.07, 6.45) is 0. The fourth-order valence-corrected chi connectivity index (χ4v) is 3.46. The van der Waals surface area contributed by atoms with Gasteiger partial charge in [0.15, 0.2) is 0 Å². The van der Waals surface area contributed by atoms with Gasteiger partial charge in [-0.05, 0) is 17.5 Å². The van der Waals surface area contributed by atoms with E-state index in [9.17, 15) is 0 Å². The maximum atomic E-state index is 5.20. The van der Waals surface area contributed by atoms with Crippen molar-refractivity contribution < 1.29 is 0 Å². The van der Waals surface area contributed by atoms with Gasteiger partial charge in [-0.2, -0.15) is 0 Å². The van der Waals surface area contributed by atoms with Gasteiger partial charge in [0.1, 0.15) is 0 Å². The molecule has 1 unspecified atom stereocenters. The summed E-state index contributed by atoms with van der Waals surface area (Å²) >= 11 is 8.42. The normalized spacial score (nSPS) is 23.0. The molecule has 1 N–H and O–H groups in total. The quantitative estimate of drug-likeness (QED) is 0.568. The van der Waals surface area contributed by atoms with E-state index in [1.807, 2.05) is 18.2 Å². The number of thiocarbonyl (C=S) groups is 1. The lowest BCUT2D eigenvalue weighted by molar-refractivity contribution is 1.34. The van der Waals surface area contributed by atoms with E-state index in [1.54, 1.807) is 23.9 Å². The van der Waals surface area contributed by atoms with Crippen molar-refractivity contribution in [1.29, 1.82) is 0 Å². The first-order valence-corrected chi connectivity index (χ1v) is 5.64. The van der Waals surface area contributed by atoms with Crippen LogP contribution in [0.25, 0.3) is 0 Å². The lowest BCUT2D eigenvalue weighted by atomic mass is 10.2. The summed E-state index contributed by atoms with van der Waals surface area (Å²) in [6, 6.07) is 10.3. The summed E-state index contributed by atoms with van der Waals surface area (Å²) in [5, 5.41) is 0.339. The Morgan fingerprint density at radius 1 is 1.25 bits per heavy atom. The van der Waals surface area contributed by atoms with Crippen LogP contribution in [-0.4, -0.2) is 4.20 Å². The van der Waals surface area contributed by atoms with Gasteiger partial charge in [0.2, 0.25) is 0 Å². The van der Waals surface area contributed by atoms with E-state index in [-0.39, 0.29) is 0 Å². The van der Waals surface area contributed by atoms with E-state index in [2.05, 4.69) is 16.3 Å². The molecule has 0 saturated carbocycles. The van der Waals surface area contributed by atoms with Gasteiger partial charge in [0, 0.05) is 0 Å². The van der Waals surface area contributed by atoms with Crippen LogP contribution in [-0.2, 0) is 0 Å². The molecular weight excluding hydrogens is 206 g/mol. The molecule has 0 aromatic heterocycles. The Morgan fingerprint density at radius 3 is 2.58 bits per heavy atom. The molecule has 4 heteroatoms. The molecule has 1 aliphatic heterocycles. The maximum Gasteiger partial charge on any atom is 0.0875 e. The van der Waals surface area contributed by atoms with Crippen LogP contribution >= 0.6 is 36.1 Å². The SMILES string of the molecule is S=C1SNSC1c1ccccc1. The van der Waals surface area contributed by atoms with Gasteiger partial charge in [-0.15, -0.1) is 0 Å². The average molecular weight is 213 g/mol. The van der Waals surface area contributed by atoms with Crippen molar-refractivity contribution in [3.63, 3.8) is 0 Å². The van der Waals surface area contributed by atoms with E-state index < -0.39 is 0 Å². The molecule has 0 bridgehead atoms. The molecule has 1 aromatic rings. The van der Waals surface area contributed by atoms with Crippen LogP contribution in [0.2, 0.25) is 0 Å². The predicted molar refractivity (Wildman–Crippen MR) is 60.1 cm³/mol. The maximum absolute atomic E-state index is 5.20. The fraction of sp³-hybridized carbons (Fsp3) is 0.125. The molecule has 12 heavy (non-hydrogen) atoms. The van der Waals surface area contributed by atoms with Crippen LogP contribution in [0.4, 0.5) is 0 Å². The zero-order valence-electron chi connectivity index (χ0n) is 6.19. The summed E-state index contributed by atoms with van der Waals surface area (Å²) in [5.41, 5.74) is 1.28. The number of nitrogens with one attached hydrogen (secondary N) is 1. The minimum Gasteiger partial charge on any atom is -0.202 e. The third-order valence-electron chi connectivity index (χ3n) is 1.62. The molecule has 0 spiro atoms. The Bertz CT molecular complexity index is 286. The molecule has 0 amide bonds. The lowest BCUT2D eigenvalue weighted by Gasteiger charge is -2.05. The highest BCUT2D eigenvalue weighted by atomic mass is 32.2. The molecular formula is C8H7NS3. The number of hydrogen-bond donors (Lipinski definition) is 1. The fourth-order valence-electron chi connectivity index (χ4n) is 1.05. The monoisotopic (exact) mass is 213 g/mol. The van der Waals surface area contributed by atoms with E-state index in [1.165, 1.54) is 5.56 Å². The Balaban J connectivity index is 2.25. The molecule has 1 aromatic carbocycles. The van der Waals surface area contributed by atoms with E-state index in [0.717, 1.165) is 4.20 Å². The molecule has 0 radical (unpaired) electrons. The van der Waals surface area contributed by atoms with Gasteiger partial charge in [0.25, 0.3) is 0 Å². The Hall–Kier alpha value is -0.0300. The summed E-state index contributed by atoms with van der Waals surface area (Å²) in [5.74, 6) is 0. The van der Waals surface area contributed by atoms with Gasteiger partial charge in [-0.1, -0.05) is 54.5 Å². The van der Waals surface area contributed by atoms with Crippen LogP contribution in [0.15, 0.2) is 30.3 Å². The van der Waals surface area contributed by atoms with Crippen molar-refractivity contribution in [1.82, 2.24) is 4.13 Å². The van der Waals surface area contributed by atoms with Crippen molar-refractivity contribution in [2.45, 2.75) is 5.25 Å². The Kier molecular flexibility index (Phi) is 2.70. The van der Waals surface area contributed by atoms with Crippen LogP contribution in [0, 0.1) is 0 Å². The topological polar surface area (TPSA) is 12.0 Å². The second-order valence-electron chi connectivity index (χ2n) is 2.41. The predicted octanol–water partition coefficient (Wildman–Crippen LogP) is 2.95. The highest BCUT2D eigenvalue weighted by molar-refractivity contribution is 8.32. The molecule has 1 aliphatic rings. The standard InChI is InChI=1S/C8H7NS3/c10-8-7(11-9-12-8)6-4-2-1-3-5-6/h1-5,7,9H. The van der Waals surface area contributed by atoms with Gasteiger partial charge < -0.3 is 0 Å². The molecule has 1 fully saturated rings. The van der Waals surface area contributed by atoms with Gasteiger partial charge in [0.05, 0.1) is 9.45 Å². The van der Waals surface area contributed by atoms with Gasteiger partial charge in [-0.25, -0.2) is 4.13 Å². The van der Waals surface area contributed by atoms with Crippen LogP contribution in [0.3, 0.4) is 0 Å². The largest absolute Gasteiger partial charge is 0.202 e. The van der Waals surface area contributed by atoms with Crippen molar-refractivity contribution >= 4 is 40.3 Å². The van der Waals surface area contributed by atoms with Gasteiger partial charge >= 0.3 is 0 Å². The van der Waals surface area contributed by atoms with Crippen LogP contribution in [0.5, 0.6) is 0 Å². The Labute approximate surface area is 85.6 Å². The summed E-state index contributed by atoms with van der Waals surface area (Å²) in [6.45, 7) is 0. The van der Waals surface area contributed by atoms with Crippen molar-refractivity contribution in [3.05, 3.63) is 35.9 Å². The molecule has 0 aliphatic carbocycles. The third-order valence-corrected chi connectivity index (χ3v) is 4.31. The molecule has 1 heterocycles. The van der Waals surface area contributed by atoms with Crippen molar-refractivity contribution in [2.75, 3.05) is 0 Å². The van der Waals surface area contributed by atoms with E-state index >= 15 is 0 Å². The first kappa shape index (κ1) is 8.56. The third kappa shape index (κ3) is 1.66. The second-order valence-corrected chi connectivity index (χ2v) is 5.13. The first-order chi connectivity index (χ1) is 5.88. The smallest absolute Gasteiger partial charge is 0.0875 e. The van der Waals surface area contributed by atoms with E-state index in [4.69, 9.17) is 12.2 Å². The van der Waals surface area contributed by atoms with Crippen molar-refractivity contribution in [2.24, 2.45) is 0 Å². The van der Waals surface area contributed by atoms with E-state index in [0.29, 0.717) is 5.25 Å². The second kappa shape index (κ2) is 3.79. The first-order valence-electron chi connectivity index (χ1n) is 3.54. The highest BCUT2D eigenvalue weighted by Gasteiger charge is 2.23. The number of rotatable bonds is 1. The van der Waals surface area contributed by atoms with Crippen LogP contribution < -0.4 is 4.13 Å². The number of benzene rings is 1. The summed E-state index contributed by atoms with van der Waals surface area (Å²) in [4.78, 5) is 0. The average Bonchev–Trinajstić information content (AvgIpc) is 2.53. The molecule has 2 rings (SSSR count). The molecule has 1 nitrogen and oxygen atoms in total. The van der Waals surface area contributed by atoms with Gasteiger partial charge in [-0.3, -0.25) is 0 Å². The minimum atomic E-state index is 0.339. The van der Waals surface area contributed by atoms with Crippen LogP contribution in [0.1, 0.15) is 10.8 Å². The molecule has 1 saturated heterocycles. The summed E-state index contributed by atoms with van der Waals surface area (Å²) < 4.78 is 4.13. The molecule has 1 atom stereocenters. The minimum absolute atomic E-state index is 0.339. The zero-order chi connectivity index (χ0) is 8.39. The zero-order valence-corrected chi connectivity index (χ0v) is 8.64.